The van der Waals surface area contributed by atoms with Gasteiger partial charge < -0.3 is 18.7 Å². The van der Waals surface area contributed by atoms with Gasteiger partial charge in [0.05, 0.1) is 24.7 Å². The number of hydrogen-bond acceptors (Lipinski definition) is 9. The molecule has 0 bridgehead atoms. The third-order valence-electron chi connectivity index (χ3n) is 4.18. The van der Waals surface area contributed by atoms with Gasteiger partial charge in [0.1, 0.15) is 5.56 Å². The summed E-state index contributed by atoms with van der Waals surface area (Å²) in [6.45, 7) is 3.56. The molecule has 1 heterocycles. The van der Waals surface area contributed by atoms with Crippen LogP contribution >= 0.6 is 0 Å². The smallest absolute Gasteiger partial charge is 0.345 e. The van der Waals surface area contributed by atoms with E-state index in [1.807, 2.05) is 31.2 Å². The molecule has 0 fully saturated rings. The van der Waals surface area contributed by atoms with E-state index in [-0.39, 0.29) is 36.2 Å². The van der Waals surface area contributed by atoms with E-state index in [0.29, 0.717) is 5.82 Å². The second kappa shape index (κ2) is 9.03. The Balaban J connectivity index is 1.80. The summed E-state index contributed by atoms with van der Waals surface area (Å²) < 4.78 is 20.7. The van der Waals surface area contributed by atoms with Gasteiger partial charge in [-0.3, -0.25) is 10.1 Å². The van der Waals surface area contributed by atoms with Gasteiger partial charge in [-0.15, -0.1) is 0 Å². The third kappa shape index (κ3) is 4.37. The number of benzene rings is 2. The molecule has 0 aliphatic carbocycles. The summed E-state index contributed by atoms with van der Waals surface area (Å²) in [5, 5.41) is 15.3. The molecule has 0 saturated heterocycles. The van der Waals surface area contributed by atoms with Crippen LogP contribution in [0.25, 0.3) is 11.4 Å². The minimum atomic E-state index is -0.932. The number of nitro groups is 1. The van der Waals surface area contributed by atoms with Crippen LogP contribution in [0.4, 0.5) is 5.69 Å². The molecule has 0 aliphatic heterocycles. The number of nitro benzene ring substituents is 1. The second-order valence-electron chi connectivity index (χ2n) is 6.11. The van der Waals surface area contributed by atoms with E-state index in [1.165, 1.54) is 13.2 Å². The summed E-state index contributed by atoms with van der Waals surface area (Å²) in [6, 6.07) is 9.81. The van der Waals surface area contributed by atoms with Crippen LogP contribution in [0.2, 0.25) is 0 Å². The van der Waals surface area contributed by atoms with Crippen molar-refractivity contribution < 1.29 is 28.5 Å². The van der Waals surface area contributed by atoms with E-state index in [9.17, 15) is 14.9 Å². The highest BCUT2D eigenvalue weighted by Crippen LogP contribution is 2.35. The first-order chi connectivity index (χ1) is 14.4. The van der Waals surface area contributed by atoms with Crippen molar-refractivity contribution in [1.29, 1.82) is 0 Å². The van der Waals surface area contributed by atoms with Gasteiger partial charge in [0.15, 0.2) is 18.1 Å². The van der Waals surface area contributed by atoms with Crippen molar-refractivity contribution in [3.8, 4) is 22.9 Å². The molecule has 0 atom stereocenters. The molecular formula is C20H19N3O7. The van der Waals surface area contributed by atoms with Gasteiger partial charge >= 0.3 is 5.97 Å². The Morgan fingerprint density at radius 3 is 2.67 bits per heavy atom. The summed E-state index contributed by atoms with van der Waals surface area (Å²) in [7, 11) is 1.37. The van der Waals surface area contributed by atoms with Gasteiger partial charge in [0.2, 0.25) is 5.82 Å². The molecule has 0 saturated carbocycles. The molecule has 156 valence electrons. The Kier molecular flexibility index (Phi) is 6.26. The zero-order chi connectivity index (χ0) is 21.7. The zero-order valence-electron chi connectivity index (χ0n) is 16.6. The van der Waals surface area contributed by atoms with Crippen molar-refractivity contribution in [2.45, 2.75) is 20.5 Å². The molecule has 10 heteroatoms. The molecular weight excluding hydrogens is 394 g/mol. The molecule has 0 spiro atoms. The number of aryl methyl sites for hydroxylation is 1. The fraction of sp³-hybridized carbons (Fsp3) is 0.250. The molecule has 10 nitrogen and oxygen atoms in total. The van der Waals surface area contributed by atoms with Gasteiger partial charge in [0.25, 0.3) is 11.6 Å². The maximum Gasteiger partial charge on any atom is 0.345 e. The topological polar surface area (TPSA) is 127 Å². The highest BCUT2D eigenvalue weighted by atomic mass is 16.6. The van der Waals surface area contributed by atoms with Gasteiger partial charge in [0, 0.05) is 11.6 Å². The third-order valence-corrected chi connectivity index (χ3v) is 4.18. The Hall–Kier alpha value is -3.95. The number of methoxy groups -OCH3 is 1. The van der Waals surface area contributed by atoms with Crippen LogP contribution in [-0.4, -0.2) is 34.7 Å². The van der Waals surface area contributed by atoms with E-state index in [1.54, 1.807) is 6.92 Å². The quantitative estimate of drug-likeness (QED) is 0.308. The first-order valence-corrected chi connectivity index (χ1v) is 8.99. The van der Waals surface area contributed by atoms with Crippen LogP contribution in [0.3, 0.4) is 0 Å². The van der Waals surface area contributed by atoms with E-state index in [0.717, 1.165) is 17.2 Å². The fourth-order valence-corrected chi connectivity index (χ4v) is 2.74. The Bertz CT molecular complexity index is 1080. The largest absolute Gasteiger partial charge is 0.493 e. The number of carbonyl (C=O) groups is 1. The lowest BCUT2D eigenvalue weighted by atomic mass is 10.1. The highest BCUT2D eigenvalue weighted by Gasteiger charge is 2.26. The zero-order valence-corrected chi connectivity index (χ0v) is 16.6. The minimum absolute atomic E-state index is 0.0576. The number of rotatable bonds is 8. The van der Waals surface area contributed by atoms with Crippen LogP contribution in [0.1, 0.15) is 28.7 Å². The standard InChI is InChI=1S/C20H19N3O7/c1-4-28-17-10-15(23(25)26)14(9-16(17)27-3)20(24)29-11-18-21-19(22-30-18)13-8-6-5-7-12(13)2/h5-10H,4,11H2,1-3H3. The molecule has 0 unspecified atom stereocenters. The van der Waals surface area contributed by atoms with E-state index in [2.05, 4.69) is 10.1 Å². The van der Waals surface area contributed by atoms with Crippen LogP contribution < -0.4 is 9.47 Å². The SMILES string of the molecule is CCOc1cc([N+](=O)[O-])c(C(=O)OCc2nc(-c3ccccc3C)no2)cc1OC. The first-order valence-electron chi connectivity index (χ1n) is 8.99. The lowest BCUT2D eigenvalue weighted by Gasteiger charge is -2.11. The van der Waals surface area contributed by atoms with Gasteiger partial charge in [-0.25, -0.2) is 4.79 Å². The minimum Gasteiger partial charge on any atom is -0.493 e. The van der Waals surface area contributed by atoms with E-state index in [4.69, 9.17) is 18.7 Å². The summed E-state index contributed by atoms with van der Waals surface area (Å²) in [5.74, 6) is -0.189. The fourth-order valence-electron chi connectivity index (χ4n) is 2.74. The average Bonchev–Trinajstić information content (AvgIpc) is 3.21. The molecule has 0 amide bonds. The summed E-state index contributed by atoms with van der Waals surface area (Å²) in [4.78, 5) is 27.4. The van der Waals surface area contributed by atoms with Crippen molar-refractivity contribution in [3.05, 3.63) is 63.5 Å². The molecule has 0 aliphatic rings. The van der Waals surface area contributed by atoms with Crippen LogP contribution in [0, 0.1) is 17.0 Å². The Morgan fingerprint density at radius 2 is 2.00 bits per heavy atom. The summed E-state index contributed by atoms with van der Waals surface area (Å²) in [5.41, 5.74) is 0.999. The number of ether oxygens (including phenoxy) is 3. The first kappa shape index (κ1) is 20.8. The van der Waals surface area contributed by atoms with Gasteiger partial charge in [-0.2, -0.15) is 4.98 Å². The maximum atomic E-state index is 12.5. The van der Waals surface area contributed by atoms with Crippen LogP contribution in [0.5, 0.6) is 11.5 Å². The Morgan fingerprint density at radius 1 is 1.23 bits per heavy atom. The lowest BCUT2D eigenvalue weighted by Crippen LogP contribution is -2.10. The number of nitrogens with zero attached hydrogens (tertiary/aromatic N) is 3. The highest BCUT2D eigenvalue weighted by molar-refractivity contribution is 5.95. The monoisotopic (exact) mass is 413 g/mol. The number of aromatic nitrogens is 2. The number of carbonyl (C=O) groups excluding carboxylic acids is 1. The molecule has 3 aromatic rings. The van der Waals surface area contributed by atoms with Crippen molar-refractivity contribution >= 4 is 11.7 Å². The molecule has 0 N–H and O–H groups in total. The van der Waals surface area contributed by atoms with Crippen molar-refractivity contribution in [2.24, 2.45) is 0 Å². The predicted octanol–water partition coefficient (Wildman–Crippen LogP) is 3.72. The van der Waals surface area contributed by atoms with Crippen molar-refractivity contribution in [2.75, 3.05) is 13.7 Å². The molecule has 2 aromatic carbocycles. The Labute approximate surface area is 171 Å². The summed E-state index contributed by atoms with van der Waals surface area (Å²) >= 11 is 0. The van der Waals surface area contributed by atoms with E-state index < -0.39 is 16.6 Å². The van der Waals surface area contributed by atoms with Crippen LogP contribution in [0.15, 0.2) is 40.9 Å². The van der Waals surface area contributed by atoms with Gasteiger partial charge in [-0.05, 0) is 19.4 Å². The molecule has 3 rings (SSSR count). The van der Waals surface area contributed by atoms with Gasteiger partial charge in [-0.1, -0.05) is 29.4 Å². The van der Waals surface area contributed by atoms with Crippen molar-refractivity contribution in [3.63, 3.8) is 0 Å². The number of esters is 1. The normalized spacial score (nSPS) is 10.5. The molecule has 0 radical (unpaired) electrons. The van der Waals surface area contributed by atoms with E-state index >= 15 is 0 Å². The number of hydrogen-bond donors (Lipinski definition) is 0. The lowest BCUT2D eigenvalue weighted by molar-refractivity contribution is -0.385. The predicted molar refractivity (Wildman–Crippen MR) is 104 cm³/mol. The second-order valence-corrected chi connectivity index (χ2v) is 6.11. The maximum absolute atomic E-state index is 12.5. The molecule has 30 heavy (non-hydrogen) atoms. The summed E-state index contributed by atoms with van der Waals surface area (Å²) in [6.07, 6.45) is 0. The van der Waals surface area contributed by atoms with Crippen molar-refractivity contribution in [1.82, 2.24) is 10.1 Å². The molecule has 1 aromatic heterocycles. The average molecular weight is 413 g/mol. The van der Waals surface area contributed by atoms with Crippen LogP contribution in [-0.2, 0) is 11.3 Å².